The van der Waals surface area contributed by atoms with Crippen molar-refractivity contribution >= 4 is 16.8 Å². The zero-order valence-electron chi connectivity index (χ0n) is 18.8. The number of likely N-dealkylation sites (tertiary alicyclic amines) is 1. The third kappa shape index (κ3) is 4.93. The maximum Gasteiger partial charge on any atom is 0.170 e. The Morgan fingerprint density at radius 1 is 1.22 bits per heavy atom. The zero-order valence-corrected chi connectivity index (χ0v) is 18.8. The SMILES string of the molecule is COc1cc(C(C)=O)ccc1OC[C@H](C)CN1CCC(c2noc3cc(F)ccc23)CC1. The van der Waals surface area contributed by atoms with Gasteiger partial charge >= 0.3 is 0 Å². The van der Waals surface area contributed by atoms with E-state index in [1.54, 1.807) is 31.4 Å². The number of halogens is 1. The van der Waals surface area contributed by atoms with Crippen LogP contribution in [0.1, 0.15) is 48.7 Å². The van der Waals surface area contributed by atoms with Gasteiger partial charge in [-0.1, -0.05) is 12.1 Å². The summed E-state index contributed by atoms with van der Waals surface area (Å²) < 4.78 is 30.1. The van der Waals surface area contributed by atoms with Gasteiger partial charge in [-0.05, 0) is 63.2 Å². The first-order valence-electron chi connectivity index (χ1n) is 11.0. The number of benzene rings is 2. The summed E-state index contributed by atoms with van der Waals surface area (Å²) in [7, 11) is 1.58. The second-order valence-electron chi connectivity index (χ2n) is 8.62. The van der Waals surface area contributed by atoms with Gasteiger partial charge in [0.2, 0.25) is 0 Å². The lowest BCUT2D eigenvalue weighted by molar-refractivity contribution is 0.101. The average molecular weight is 441 g/mol. The number of hydrogen-bond donors (Lipinski definition) is 0. The van der Waals surface area contributed by atoms with Crippen molar-refractivity contribution in [2.24, 2.45) is 5.92 Å². The number of piperidine rings is 1. The van der Waals surface area contributed by atoms with Crippen molar-refractivity contribution in [3.8, 4) is 11.5 Å². The summed E-state index contributed by atoms with van der Waals surface area (Å²) in [4.78, 5) is 14.0. The number of Topliss-reactive ketones (excluding diaryl/α,β-unsaturated/α-hetero) is 1. The van der Waals surface area contributed by atoms with E-state index in [9.17, 15) is 9.18 Å². The Hall–Kier alpha value is -2.93. The molecule has 1 fully saturated rings. The topological polar surface area (TPSA) is 64.8 Å². The lowest BCUT2D eigenvalue weighted by Crippen LogP contribution is -2.37. The number of ketones is 1. The van der Waals surface area contributed by atoms with Crippen molar-refractivity contribution in [3.05, 3.63) is 53.5 Å². The van der Waals surface area contributed by atoms with Crippen molar-refractivity contribution in [1.29, 1.82) is 0 Å². The molecule has 1 saturated heterocycles. The van der Waals surface area contributed by atoms with Crippen molar-refractivity contribution in [2.45, 2.75) is 32.6 Å². The summed E-state index contributed by atoms with van der Waals surface area (Å²) in [5.41, 5.74) is 2.06. The molecule has 1 aliphatic heterocycles. The molecule has 32 heavy (non-hydrogen) atoms. The maximum absolute atomic E-state index is 13.4. The van der Waals surface area contributed by atoms with Crippen LogP contribution >= 0.6 is 0 Å². The van der Waals surface area contributed by atoms with E-state index in [2.05, 4.69) is 17.0 Å². The highest BCUT2D eigenvalue weighted by Gasteiger charge is 2.26. The molecule has 0 N–H and O–H groups in total. The van der Waals surface area contributed by atoms with Crippen LogP contribution in [0.5, 0.6) is 11.5 Å². The molecular weight excluding hydrogens is 411 g/mol. The molecule has 0 amide bonds. The summed E-state index contributed by atoms with van der Waals surface area (Å²) in [5.74, 6) is 1.58. The fraction of sp³-hybridized carbons (Fsp3) is 0.440. The highest BCUT2D eigenvalue weighted by atomic mass is 19.1. The third-order valence-electron chi connectivity index (χ3n) is 6.10. The van der Waals surface area contributed by atoms with Gasteiger partial charge in [0.15, 0.2) is 22.9 Å². The Bertz CT molecular complexity index is 1090. The van der Waals surface area contributed by atoms with Gasteiger partial charge in [-0.3, -0.25) is 4.79 Å². The third-order valence-corrected chi connectivity index (χ3v) is 6.10. The fourth-order valence-electron chi connectivity index (χ4n) is 4.35. The highest BCUT2D eigenvalue weighted by molar-refractivity contribution is 5.94. The highest BCUT2D eigenvalue weighted by Crippen LogP contribution is 2.33. The molecule has 1 aromatic heterocycles. The first-order valence-corrected chi connectivity index (χ1v) is 11.0. The summed E-state index contributed by atoms with van der Waals surface area (Å²) in [6, 6.07) is 9.89. The van der Waals surface area contributed by atoms with E-state index in [-0.39, 0.29) is 11.6 Å². The lowest BCUT2D eigenvalue weighted by Gasteiger charge is -2.32. The zero-order chi connectivity index (χ0) is 22.7. The van der Waals surface area contributed by atoms with E-state index >= 15 is 0 Å². The summed E-state index contributed by atoms with van der Waals surface area (Å²) >= 11 is 0. The predicted molar refractivity (Wildman–Crippen MR) is 120 cm³/mol. The number of nitrogens with zero attached hydrogens (tertiary/aromatic N) is 2. The fourth-order valence-corrected chi connectivity index (χ4v) is 4.35. The lowest BCUT2D eigenvalue weighted by atomic mass is 9.91. The molecule has 1 aliphatic rings. The number of carbonyl (C=O) groups is 1. The molecule has 0 bridgehead atoms. The Balaban J connectivity index is 1.28. The summed E-state index contributed by atoms with van der Waals surface area (Å²) in [6.07, 6.45) is 1.99. The Kier molecular flexibility index (Phi) is 6.74. The second-order valence-corrected chi connectivity index (χ2v) is 8.62. The van der Waals surface area contributed by atoms with E-state index in [4.69, 9.17) is 14.0 Å². The molecule has 4 rings (SSSR count). The largest absolute Gasteiger partial charge is 0.493 e. The molecule has 6 nitrogen and oxygen atoms in total. The van der Waals surface area contributed by atoms with Crippen LogP contribution in [0.4, 0.5) is 4.39 Å². The molecule has 0 saturated carbocycles. The minimum absolute atomic E-state index is 0.00241. The average Bonchev–Trinajstić information content (AvgIpc) is 3.21. The number of ether oxygens (including phenoxy) is 2. The van der Waals surface area contributed by atoms with E-state index in [0.717, 1.165) is 43.6 Å². The van der Waals surface area contributed by atoms with Crippen LogP contribution in [0.3, 0.4) is 0 Å². The van der Waals surface area contributed by atoms with Gasteiger partial charge in [-0.25, -0.2) is 4.39 Å². The number of carbonyl (C=O) groups excluding carboxylic acids is 1. The first kappa shape index (κ1) is 22.3. The van der Waals surface area contributed by atoms with Gasteiger partial charge < -0.3 is 18.9 Å². The molecular formula is C25H29FN2O4. The normalized spacial score (nSPS) is 16.2. The Labute approximate surface area is 187 Å². The predicted octanol–water partition coefficient (Wildman–Crippen LogP) is 5.07. The minimum Gasteiger partial charge on any atom is -0.493 e. The summed E-state index contributed by atoms with van der Waals surface area (Å²) in [6.45, 7) is 7.15. The van der Waals surface area contributed by atoms with Crippen LogP contribution in [0, 0.1) is 11.7 Å². The van der Waals surface area contributed by atoms with E-state index in [1.807, 2.05) is 0 Å². The van der Waals surface area contributed by atoms with Crippen LogP contribution in [0.2, 0.25) is 0 Å². The number of hydrogen-bond acceptors (Lipinski definition) is 6. The number of fused-ring (bicyclic) bond motifs is 1. The molecule has 2 aromatic carbocycles. The van der Waals surface area contributed by atoms with Gasteiger partial charge in [0, 0.05) is 35.4 Å². The molecule has 3 aromatic rings. The van der Waals surface area contributed by atoms with Crippen molar-refractivity contribution < 1.29 is 23.2 Å². The molecule has 7 heteroatoms. The van der Waals surface area contributed by atoms with Crippen LogP contribution in [-0.2, 0) is 0 Å². The molecule has 0 aliphatic carbocycles. The van der Waals surface area contributed by atoms with Crippen LogP contribution in [0.25, 0.3) is 11.0 Å². The minimum atomic E-state index is -0.307. The van der Waals surface area contributed by atoms with Crippen LogP contribution < -0.4 is 9.47 Å². The molecule has 170 valence electrons. The number of aromatic nitrogens is 1. The smallest absolute Gasteiger partial charge is 0.170 e. The second kappa shape index (κ2) is 9.69. The standard InChI is InChI=1S/C25H29FN2O4/c1-16(15-31-22-7-4-19(17(2)29)12-24(22)30-3)14-28-10-8-18(9-11-28)25-21-6-5-20(26)13-23(21)32-27-25/h4-7,12-13,16,18H,8-11,14-15H2,1-3H3/t16-/m1/s1. The summed E-state index contributed by atoms with van der Waals surface area (Å²) in [5, 5.41) is 5.14. The molecule has 0 radical (unpaired) electrons. The first-order chi connectivity index (χ1) is 15.4. The maximum atomic E-state index is 13.4. The quantitative estimate of drug-likeness (QED) is 0.456. The Morgan fingerprint density at radius 3 is 2.72 bits per heavy atom. The molecule has 1 atom stereocenters. The monoisotopic (exact) mass is 440 g/mol. The van der Waals surface area contributed by atoms with E-state index in [0.29, 0.717) is 41.1 Å². The Morgan fingerprint density at radius 2 is 2.00 bits per heavy atom. The van der Waals surface area contributed by atoms with Crippen LogP contribution in [0.15, 0.2) is 40.9 Å². The number of methoxy groups -OCH3 is 1. The van der Waals surface area contributed by atoms with Gasteiger partial charge in [0.1, 0.15) is 5.82 Å². The van der Waals surface area contributed by atoms with E-state index in [1.165, 1.54) is 19.1 Å². The van der Waals surface area contributed by atoms with E-state index < -0.39 is 0 Å². The molecule has 0 unspecified atom stereocenters. The number of rotatable bonds is 8. The van der Waals surface area contributed by atoms with Gasteiger partial charge in [-0.2, -0.15) is 0 Å². The van der Waals surface area contributed by atoms with Gasteiger partial charge in [-0.15, -0.1) is 0 Å². The van der Waals surface area contributed by atoms with Gasteiger partial charge in [0.25, 0.3) is 0 Å². The van der Waals surface area contributed by atoms with Crippen LogP contribution in [-0.4, -0.2) is 49.2 Å². The molecule has 2 heterocycles. The van der Waals surface area contributed by atoms with Gasteiger partial charge in [0.05, 0.1) is 19.4 Å². The van der Waals surface area contributed by atoms with Crippen molar-refractivity contribution in [1.82, 2.24) is 10.1 Å². The van der Waals surface area contributed by atoms with Crippen molar-refractivity contribution in [2.75, 3.05) is 33.4 Å². The van der Waals surface area contributed by atoms with Crippen molar-refractivity contribution in [3.63, 3.8) is 0 Å². The molecule has 0 spiro atoms.